The van der Waals surface area contributed by atoms with Crippen LogP contribution in [0.1, 0.15) is 29.5 Å². The zero-order valence-electron chi connectivity index (χ0n) is 10.9. The normalized spacial score (nSPS) is 26.6. The van der Waals surface area contributed by atoms with Gasteiger partial charge in [0.1, 0.15) is 6.04 Å². The summed E-state index contributed by atoms with van der Waals surface area (Å²) in [6, 6.07) is 5.91. The number of rotatable bonds is 3. The van der Waals surface area contributed by atoms with Gasteiger partial charge in [-0.1, -0.05) is 18.2 Å². The number of likely N-dealkylation sites (tertiary alicyclic amines) is 1. The molecule has 2 N–H and O–H groups in total. The second-order valence-corrected chi connectivity index (χ2v) is 5.63. The molecule has 1 aromatic carbocycles. The predicted molar refractivity (Wildman–Crippen MR) is 70.9 cm³/mol. The highest BCUT2D eigenvalue weighted by atomic mass is 16.4. The van der Waals surface area contributed by atoms with Crippen molar-refractivity contribution in [2.45, 2.75) is 44.4 Å². The zero-order chi connectivity index (χ0) is 13.4. The lowest BCUT2D eigenvalue weighted by Gasteiger charge is -2.21. The number of fused-ring (bicyclic) bond motifs is 1. The molecule has 4 heteroatoms. The fourth-order valence-corrected chi connectivity index (χ4v) is 3.27. The van der Waals surface area contributed by atoms with E-state index in [1.807, 2.05) is 4.90 Å². The lowest BCUT2D eigenvalue weighted by molar-refractivity contribution is -0.142. The van der Waals surface area contributed by atoms with Crippen molar-refractivity contribution in [3.05, 3.63) is 34.9 Å². The van der Waals surface area contributed by atoms with Crippen molar-refractivity contribution in [3.63, 3.8) is 0 Å². The fourth-order valence-electron chi connectivity index (χ4n) is 3.27. The first-order valence-corrected chi connectivity index (χ1v) is 6.89. The molecule has 1 fully saturated rings. The van der Waals surface area contributed by atoms with Crippen molar-refractivity contribution in [1.82, 2.24) is 4.90 Å². The number of hydrogen-bond acceptors (Lipinski definition) is 3. The van der Waals surface area contributed by atoms with Gasteiger partial charge in [-0.3, -0.25) is 9.69 Å². The van der Waals surface area contributed by atoms with Crippen LogP contribution in [0.4, 0.5) is 0 Å². The van der Waals surface area contributed by atoms with E-state index < -0.39 is 18.1 Å². The maximum Gasteiger partial charge on any atom is 0.321 e. The minimum absolute atomic E-state index is 0.334. The van der Waals surface area contributed by atoms with E-state index in [9.17, 15) is 15.0 Å². The number of aliphatic hydroxyl groups excluding tert-OH is 1. The Balaban J connectivity index is 1.75. The molecule has 2 aliphatic rings. The second-order valence-electron chi connectivity index (χ2n) is 5.63. The quantitative estimate of drug-likeness (QED) is 0.858. The first-order valence-electron chi connectivity index (χ1n) is 6.89. The Morgan fingerprint density at radius 2 is 2.11 bits per heavy atom. The fraction of sp³-hybridized carbons (Fsp3) is 0.533. The van der Waals surface area contributed by atoms with Crippen molar-refractivity contribution in [2.24, 2.45) is 0 Å². The second kappa shape index (κ2) is 4.94. The first-order chi connectivity index (χ1) is 9.13. The van der Waals surface area contributed by atoms with Crippen molar-refractivity contribution < 1.29 is 15.0 Å². The SMILES string of the molecule is O=C(O)C1CC(O)CN1Cc1ccc2c(c1)CCC2. The van der Waals surface area contributed by atoms with Gasteiger partial charge in [-0.25, -0.2) is 0 Å². The summed E-state index contributed by atoms with van der Waals surface area (Å²) in [5, 5.41) is 18.8. The van der Waals surface area contributed by atoms with Gasteiger partial charge in [0.05, 0.1) is 6.10 Å². The number of carboxylic acids is 1. The summed E-state index contributed by atoms with van der Waals surface area (Å²) in [6.45, 7) is 1.06. The maximum absolute atomic E-state index is 11.2. The Morgan fingerprint density at radius 1 is 1.32 bits per heavy atom. The van der Waals surface area contributed by atoms with Crippen LogP contribution >= 0.6 is 0 Å². The number of aryl methyl sites for hydroxylation is 2. The number of carboxylic acid groups (broad SMARTS) is 1. The molecular formula is C15H19NO3. The van der Waals surface area contributed by atoms with E-state index in [0.29, 0.717) is 19.5 Å². The molecule has 1 aliphatic heterocycles. The van der Waals surface area contributed by atoms with E-state index in [-0.39, 0.29) is 0 Å². The van der Waals surface area contributed by atoms with Gasteiger partial charge in [-0.05, 0) is 36.0 Å². The van der Waals surface area contributed by atoms with Gasteiger partial charge >= 0.3 is 5.97 Å². The third-order valence-corrected chi connectivity index (χ3v) is 4.21. The van der Waals surface area contributed by atoms with Crippen LogP contribution in [0.3, 0.4) is 0 Å². The largest absolute Gasteiger partial charge is 0.480 e. The summed E-state index contributed by atoms with van der Waals surface area (Å²) in [5.74, 6) is -0.835. The van der Waals surface area contributed by atoms with Crippen LogP contribution in [0.15, 0.2) is 18.2 Å². The molecule has 1 heterocycles. The molecule has 0 radical (unpaired) electrons. The zero-order valence-corrected chi connectivity index (χ0v) is 10.9. The molecule has 0 spiro atoms. The lowest BCUT2D eigenvalue weighted by Crippen LogP contribution is -2.35. The van der Waals surface area contributed by atoms with Crippen molar-refractivity contribution in [3.8, 4) is 0 Å². The van der Waals surface area contributed by atoms with Gasteiger partial charge in [-0.2, -0.15) is 0 Å². The van der Waals surface area contributed by atoms with Crippen LogP contribution in [0.2, 0.25) is 0 Å². The molecule has 19 heavy (non-hydrogen) atoms. The first kappa shape index (κ1) is 12.6. The van der Waals surface area contributed by atoms with Crippen LogP contribution in [-0.4, -0.2) is 39.8 Å². The molecule has 0 amide bonds. The van der Waals surface area contributed by atoms with Gasteiger partial charge in [0.2, 0.25) is 0 Å². The molecular weight excluding hydrogens is 242 g/mol. The van der Waals surface area contributed by atoms with E-state index >= 15 is 0 Å². The summed E-state index contributed by atoms with van der Waals surface area (Å²) < 4.78 is 0. The van der Waals surface area contributed by atoms with Gasteiger partial charge in [-0.15, -0.1) is 0 Å². The maximum atomic E-state index is 11.2. The number of β-amino-alcohol motifs (C(OH)–C–C–N with tert-alkyl or cyclic N) is 1. The van der Waals surface area contributed by atoms with Crippen LogP contribution in [-0.2, 0) is 24.2 Å². The summed E-state index contributed by atoms with van der Waals surface area (Å²) >= 11 is 0. The molecule has 3 rings (SSSR count). The van der Waals surface area contributed by atoms with Crippen LogP contribution < -0.4 is 0 Å². The van der Waals surface area contributed by atoms with E-state index in [1.165, 1.54) is 17.5 Å². The monoisotopic (exact) mass is 261 g/mol. The molecule has 4 nitrogen and oxygen atoms in total. The summed E-state index contributed by atoms with van der Waals surface area (Å²) in [5.41, 5.74) is 3.99. The van der Waals surface area contributed by atoms with E-state index in [4.69, 9.17) is 0 Å². The highest BCUT2D eigenvalue weighted by molar-refractivity contribution is 5.74. The standard InChI is InChI=1S/C15H19NO3/c17-13-7-14(15(18)19)16(9-13)8-10-4-5-11-2-1-3-12(11)6-10/h4-6,13-14,17H,1-3,7-9H2,(H,18,19). The van der Waals surface area contributed by atoms with Gasteiger partial charge < -0.3 is 10.2 Å². The molecule has 2 unspecified atom stereocenters. The Labute approximate surface area is 112 Å². The van der Waals surface area contributed by atoms with Crippen LogP contribution in [0.25, 0.3) is 0 Å². The Bertz CT molecular complexity index is 500. The van der Waals surface area contributed by atoms with Crippen LogP contribution in [0.5, 0.6) is 0 Å². The average molecular weight is 261 g/mol. The highest BCUT2D eigenvalue weighted by Crippen LogP contribution is 2.25. The molecule has 1 aromatic rings. The Morgan fingerprint density at radius 3 is 2.89 bits per heavy atom. The third-order valence-electron chi connectivity index (χ3n) is 4.21. The van der Waals surface area contributed by atoms with Crippen molar-refractivity contribution in [1.29, 1.82) is 0 Å². The van der Waals surface area contributed by atoms with E-state index in [1.54, 1.807) is 0 Å². The molecule has 0 bridgehead atoms. The summed E-state index contributed by atoms with van der Waals surface area (Å²) in [4.78, 5) is 13.0. The smallest absolute Gasteiger partial charge is 0.321 e. The summed E-state index contributed by atoms with van der Waals surface area (Å²) in [6.07, 6.45) is 3.33. The average Bonchev–Trinajstić information content (AvgIpc) is 2.95. The molecule has 102 valence electrons. The van der Waals surface area contributed by atoms with E-state index in [0.717, 1.165) is 18.4 Å². The predicted octanol–water partition coefficient (Wildman–Crippen LogP) is 1.20. The molecule has 2 atom stereocenters. The number of hydrogen-bond donors (Lipinski definition) is 2. The number of carbonyl (C=O) groups is 1. The molecule has 0 aromatic heterocycles. The molecule has 0 saturated carbocycles. The minimum atomic E-state index is -0.835. The molecule has 1 aliphatic carbocycles. The number of aliphatic hydroxyl groups is 1. The third kappa shape index (κ3) is 2.51. The minimum Gasteiger partial charge on any atom is -0.480 e. The van der Waals surface area contributed by atoms with Gasteiger partial charge in [0, 0.05) is 19.5 Å². The number of aliphatic carboxylic acids is 1. The Kier molecular flexibility index (Phi) is 3.29. The molecule has 1 saturated heterocycles. The number of benzene rings is 1. The summed E-state index contributed by atoms with van der Waals surface area (Å²) in [7, 11) is 0. The van der Waals surface area contributed by atoms with E-state index in [2.05, 4.69) is 18.2 Å². The lowest BCUT2D eigenvalue weighted by atomic mass is 10.1. The number of nitrogens with zero attached hydrogens (tertiary/aromatic N) is 1. The van der Waals surface area contributed by atoms with Crippen molar-refractivity contribution >= 4 is 5.97 Å². The van der Waals surface area contributed by atoms with Crippen molar-refractivity contribution in [2.75, 3.05) is 6.54 Å². The topological polar surface area (TPSA) is 60.8 Å². The van der Waals surface area contributed by atoms with Gasteiger partial charge in [0.25, 0.3) is 0 Å². The van der Waals surface area contributed by atoms with Gasteiger partial charge in [0.15, 0.2) is 0 Å². The van der Waals surface area contributed by atoms with Crippen LogP contribution in [0, 0.1) is 0 Å². The Hall–Kier alpha value is -1.39. The highest BCUT2D eigenvalue weighted by Gasteiger charge is 2.35.